The monoisotopic (exact) mass is 294 g/mol. The zero-order valence-corrected chi connectivity index (χ0v) is 12.1. The number of hydrogen-bond donors (Lipinski definition) is 3. The van der Waals surface area contributed by atoms with E-state index in [0.29, 0.717) is 19.4 Å². The summed E-state index contributed by atoms with van der Waals surface area (Å²) >= 11 is 0. The molecule has 116 valence electrons. The van der Waals surface area contributed by atoms with E-state index in [1.54, 1.807) is 7.11 Å². The molecule has 1 rings (SSSR count). The van der Waals surface area contributed by atoms with Crippen molar-refractivity contribution in [1.82, 2.24) is 5.32 Å². The summed E-state index contributed by atoms with van der Waals surface area (Å²) in [6.45, 7) is 0.521. The molecule has 1 aromatic rings. The normalized spacial score (nSPS) is 13.4. The minimum atomic E-state index is -1.07. The van der Waals surface area contributed by atoms with Crippen LogP contribution in [-0.4, -0.2) is 42.8 Å². The van der Waals surface area contributed by atoms with E-state index in [9.17, 15) is 14.7 Å². The molecule has 6 nitrogen and oxygen atoms in total. The zero-order valence-electron chi connectivity index (χ0n) is 12.1. The summed E-state index contributed by atoms with van der Waals surface area (Å²) in [6, 6.07) is 7.44. The lowest BCUT2D eigenvalue weighted by Crippen LogP contribution is -2.49. The molecule has 21 heavy (non-hydrogen) atoms. The van der Waals surface area contributed by atoms with Gasteiger partial charge in [-0.05, 0) is 18.4 Å². The summed E-state index contributed by atoms with van der Waals surface area (Å²) in [7, 11) is 1.58. The fraction of sp³-hybridized carbons (Fsp3) is 0.467. The quantitative estimate of drug-likeness (QED) is 0.577. The van der Waals surface area contributed by atoms with Crippen LogP contribution in [0.1, 0.15) is 18.4 Å². The molecule has 1 amide bonds. The molecule has 0 heterocycles. The molecule has 0 saturated carbocycles. The highest BCUT2D eigenvalue weighted by atomic mass is 16.5. The average molecular weight is 294 g/mol. The zero-order chi connectivity index (χ0) is 15.7. The van der Waals surface area contributed by atoms with Gasteiger partial charge in [0.05, 0.1) is 6.04 Å². The number of hydrogen-bond acceptors (Lipinski definition) is 4. The molecule has 0 aliphatic heterocycles. The Labute approximate surface area is 124 Å². The molecule has 4 N–H and O–H groups in total. The van der Waals surface area contributed by atoms with Crippen molar-refractivity contribution in [1.29, 1.82) is 0 Å². The lowest BCUT2D eigenvalue weighted by molar-refractivity contribution is -0.142. The second-order valence-corrected chi connectivity index (χ2v) is 4.83. The van der Waals surface area contributed by atoms with E-state index in [2.05, 4.69) is 5.32 Å². The summed E-state index contributed by atoms with van der Waals surface area (Å²) in [5.74, 6) is -1.52. The van der Waals surface area contributed by atoms with Gasteiger partial charge in [-0.15, -0.1) is 0 Å². The predicted molar refractivity (Wildman–Crippen MR) is 78.8 cm³/mol. The fourth-order valence-corrected chi connectivity index (χ4v) is 1.91. The van der Waals surface area contributed by atoms with Gasteiger partial charge in [-0.25, -0.2) is 4.79 Å². The molecule has 1 unspecified atom stereocenters. The molecule has 6 heteroatoms. The van der Waals surface area contributed by atoms with Crippen LogP contribution in [0.15, 0.2) is 30.3 Å². The smallest absolute Gasteiger partial charge is 0.326 e. The van der Waals surface area contributed by atoms with Crippen LogP contribution < -0.4 is 11.1 Å². The van der Waals surface area contributed by atoms with Crippen molar-refractivity contribution in [3.63, 3.8) is 0 Å². The summed E-state index contributed by atoms with van der Waals surface area (Å²) in [6.07, 6.45) is 1.34. The average Bonchev–Trinajstić information content (AvgIpc) is 2.47. The van der Waals surface area contributed by atoms with E-state index in [1.807, 2.05) is 30.3 Å². The number of aliphatic carboxylic acids is 1. The SMILES string of the molecule is COCCCC(N)C(=O)N[C@H](Cc1ccccc1)C(=O)O. The van der Waals surface area contributed by atoms with Gasteiger partial charge in [0.15, 0.2) is 0 Å². The Bertz CT molecular complexity index is 450. The number of carbonyl (C=O) groups excluding carboxylic acids is 1. The van der Waals surface area contributed by atoms with Crippen molar-refractivity contribution in [2.45, 2.75) is 31.3 Å². The van der Waals surface area contributed by atoms with Crippen LogP contribution in [-0.2, 0) is 20.7 Å². The number of rotatable bonds is 9. The van der Waals surface area contributed by atoms with Crippen LogP contribution in [0.4, 0.5) is 0 Å². The molecule has 0 aliphatic rings. The highest BCUT2D eigenvalue weighted by Gasteiger charge is 2.23. The fourth-order valence-electron chi connectivity index (χ4n) is 1.91. The van der Waals surface area contributed by atoms with E-state index in [4.69, 9.17) is 10.5 Å². The van der Waals surface area contributed by atoms with Crippen molar-refractivity contribution in [2.75, 3.05) is 13.7 Å². The number of carbonyl (C=O) groups is 2. The molecule has 0 saturated heterocycles. The number of nitrogens with one attached hydrogen (secondary N) is 1. The molecule has 0 spiro atoms. The van der Waals surface area contributed by atoms with Gasteiger partial charge in [0, 0.05) is 20.1 Å². The lowest BCUT2D eigenvalue weighted by atomic mass is 10.1. The molecule has 0 radical (unpaired) electrons. The van der Waals surface area contributed by atoms with Crippen molar-refractivity contribution in [2.24, 2.45) is 5.73 Å². The second-order valence-electron chi connectivity index (χ2n) is 4.83. The Morgan fingerprint density at radius 1 is 1.33 bits per heavy atom. The number of benzene rings is 1. The Hall–Kier alpha value is -1.92. The van der Waals surface area contributed by atoms with Crippen molar-refractivity contribution >= 4 is 11.9 Å². The number of carboxylic acids is 1. The van der Waals surface area contributed by atoms with Gasteiger partial charge in [-0.3, -0.25) is 4.79 Å². The number of carboxylic acid groups (broad SMARTS) is 1. The minimum Gasteiger partial charge on any atom is -0.480 e. The molecular weight excluding hydrogens is 272 g/mol. The summed E-state index contributed by atoms with van der Waals surface area (Å²) < 4.78 is 4.89. The highest BCUT2D eigenvalue weighted by molar-refractivity contribution is 5.86. The van der Waals surface area contributed by atoms with Crippen molar-refractivity contribution in [3.8, 4) is 0 Å². The van der Waals surface area contributed by atoms with Gasteiger partial charge in [-0.1, -0.05) is 30.3 Å². The largest absolute Gasteiger partial charge is 0.480 e. The minimum absolute atomic E-state index is 0.229. The molecule has 0 fully saturated rings. The first-order chi connectivity index (χ1) is 10.0. The van der Waals surface area contributed by atoms with Crippen LogP contribution in [0.2, 0.25) is 0 Å². The number of amides is 1. The molecule has 1 aromatic carbocycles. The maximum Gasteiger partial charge on any atom is 0.326 e. The topological polar surface area (TPSA) is 102 Å². The van der Waals surface area contributed by atoms with Gasteiger partial charge in [0.2, 0.25) is 5.91 Å². The van der Waals surface area contributed by atoms with E-state index in [-0.39, 0.29) is 6.42 Å². The molecule has 0 bridgehead atoms. The summed E-state index contributed by atoms with van der Waals surface area (Å²) in [5, 5.41) is 11.7. The van der Waals surface area contributed by atoms with Gasteiger partial charge < -0.3 is 20.9 Å². The molecule has 2 atom stereocenters. The third-order valence-corrected chi connectivity index (χ3v) is 3.10. The number of methoxy groups -OCH3 is 1. The molecular formula is C15H22N2O4. The first kappa shape index (κ1) is 17.1. The first-order valence-electron chi connectivity index (χ1n) is 6.86. The van der Waals surface area contributed by atoms with Gasteiger partial charge in [-0.2, -0.15) is 0 Å². The standard InChI is InChI=1S/C15H22N2O4/c1-21-9-5-8-12(16)14(18)17-13(15(19)20)10-11-6-3-2-4-7-11/h2-4,6-7,12-13H,5,8-10,16H2,1H3,(H,17,18)(H,19,20)/t12?,13-/m1/s1. The second kappa shape index (κ2) is 9.10. The van der Waals surface area contributed by atoms with Crippen molar-refractivity contribution in [3.05, 3.63) is 35.9 Å². The Balaban J connectivity index is 2.54. The summed E-state index contributed by atoms with van der Waals surface area (Å²) in [5.41, 5.74) is 6.58. The van der Waals surface area contributed by atoms with Crippen molar-refractivity contribution < 1.29 is 19.4 Å². The van der Waals surface area contributed by atoms with Gasteiger partial charge in [0.1, 0.15) is 6.04 Å². The number of nitrogens with two attached hydrogens (primary N) is 1. The lowest BCUT2D eigenvalue weighted by Gasteiger charge is -2.18. The van der Waals surface area contributed by atoms with Crippen LogP contribution in [0.3, 0.4) is 0 Å². The van der Waals surface area contributed by atoms with Gasteiger partial charge in [0.25, 0.3) is 0 Å². The maximum absolute atomic E-state index is 11.9. The Morgan fingerprint density at radius 3 is 2.57 bits per heavy atom. The van der Waals surface area contributed by atoms with E-state index in [1.165, 1.54) is 0 Å². The van der Waals surface area contributed by atoms with E-state index < -0.39 is 24.0 Å². The highest BCUT2D eigenvalue weighted by Crippen LogP contribution is 2.04. The Morgan fingerprint density at radius 2 is 2.00 bits per heavy atom. The maximum atomic E-state index is 11.9. The predicted octanol–water partition coefficient (Wildman–Crippen LogP) is 0.552. The van der Waals surface area contributed by atoms with Gasteiger partial charge >= 0.3 is 5.97 Å². The molecule has 0 aromatic heterocycles. The van der Waals surface area contributed by atoms with E-state index >= 15 is 0 Å². The first-order valence-corrected chi connectivity index (χ1v) is 6.86. The van der Waals surface area contributed by atoms with Crippen LogP contribution in [0.25, 0.3) is 0 Å². The number of ether oxygens (including phenoxy) is 1. The van der Waals surface area contributed by atoms with E-state index in [0.717, 1.165) is 5.56 Å². The molecule has 0 aliphatic carbocycles. The Kier molecular flexibility index (Phi) is 7.42. The van der Waals surface area contributed by atoms with Crippen LogP contribution >= 0.6 is 0 Å². The third kappa shape index (κ3) is 6.37. The third-order valence-electron chi connectivity index (χ3n) is 3.10. The summed E-state index contributed by atoms with van der Waals surface area (Å²) in [4.78, 5) is 23.1. The van der Waals surface area contributed by atoms with Crippen LogP contribution in [0, 0.1) is 0 Å². The van der Waals surface area contributed by atoms with Crippen LogP contribution in [0.5, 0.6) is 0 Å².